The maximum atomic E-state index is 11.0. The molecule has 0 aliphatic carbocycles. The highest BCUT2D eigenvalue weighted by atomic mass is 16.4. The van der Waals surface area contributed by atoms with Crippen molar-refractivity contribution in [3.05, 3.63) is 29.8 Å². The summed E-state index contributed by atoms with van der Waals surface area (Å²) in [5.41, 5.74) is 2.54. The third-order valence-corrected chi connectivity index (χ3v) is 4.02. The van der Waals surface area contributed by atoms with Crippen LogP contribution in [0.3, 0.4) is 0 Å². The number of anilines is 1. The number of Topliss-reactive ketones (excluding diaryl/α,β-unsaturated/α-hetero) is 1. The van der Waals surface area contributed by atoms with Crippen molar-refractivity contribution < 1.29 is 14.7 Å². The van der Waals surface area contributed by atoms with E-state index in [1.807, 2.05) is 0 Å². The molecule has 1 aliphatic heterocycles. The molecule has 0 radical (unpaired) electrons. The summed E-state index contributed by atoms with van der Waals surface area (Å²) in [4.78, 5) is 23.8. The van der Waals surface area contributed by atoms with E-state index in [1.54, 1.807) is 0 Å². The van der Waals surface area contributed by atoms with Crippen LogP contribution in [0.15, 0.2) is 24.3 Å². The minimum Gasteiger partial charge on any atom is -0.476 e. The Labute approximate surface area is 125 Å². The summed E-state index contributed by atoms with van der Waals surface area (Å²) in [6.45, 7) is 2.30. The molecule has 1 N–H and O–H groups in total. The lowest BCUT2D eigenvalue weighted by atomic mass is 10.0. The Bertz CT molecular complexity index is 475. The molecule has 4 nitrogen and oxygen atoms in total. The number of carboxylic acid groups (broad SMARTS) is 1. The van der Waals surface area contributed by atoms with E-state index in [0.717, 1.165) is 25.9 Å². The molecule has 2 rings (SSSR count). The first-order valence-electron chi connectivity index (χ1n) is 7.77. The lowest BCUT2D eigenvalue weighted by Gasteiger charge is -2.28. The van der Waals surface area contributed by atoms with Gasteiger partial charge in [-0.1, -0.05) is 12.1 Å². The van der Waals surface area contributed by atoms with Crippen LogP contribution in [-0.2, 0) is 16.0 Å². The molecule has 1 aromatic rings. The summed E-state index contributed by atoms with van der Waals surface area (Å²) in [5, 5.41) is 8.50. The SMILES string of the molecule is O=C(O)C(=O)CCCCc1ccc(N2CCCCC2)cc1. The van der Waals surface area contributed by atoms with Crippen LogP contribution in [-0.4, -0.2) is 29.9 Å². The molecule has 1 heterocycles. The van der Waals surface area contributed by atoms with Crippen LogP contribution in [0.4, 0.5) is 5.69 Å². The van der Waals surface area contributed by atoms with Crippen molar-refractivity contribution in [2.24, 2.45) is 0 Å². The summed E-state index contributed by atoms with van der Waals surface area (Å²) in [6.07, 6.45) is 6.41. The highest BCUT2D eigenvalue weighted by Gasteiger charge is 2.11. The number of unbranched alkanes of at least 4 members (excludes halogenated alkanes) is 1. The largest absolute Gasteiger partial charge is 0.476 e. The van der Waals surface area contributed by atoms with Gasteiger partial charge in [-0.3, -0.25) is 4.79 Å². The van der Waals surface area contributed by atoms with E-state index in [4.69, 9.17) is 5.11 Å². The first-order chi connectivity index (χ1) is 10.2. The summed E-state index contributed by atoms with van der Waals surface area (Å²) in [7, 11) is 0. The third kappa shape index (κ3) is 4.88. The molecular weight excluding hydrogens is 266 g/mol. The molecule has 1 saturated heterocycles. The molecule has 0 unspecified atom stereocenters. The molecule has 1 fully saturated rings. The highest BCUT2D eigenvalue weighted by Crippen LogP contribution is 2.20. The molecule has 1 aromatic carbocycles. The number of piperidine rings is 1. The Hall–Kier alpha value is -1.84. The van der Waals surface area contributed by atoms with Gasteiger partial charge in [-0.05, 0) is 56.2 Å². The van der Waals surface area contributed by atoms with Crippen molar-refractivity contribution >= 4 is 17.4 Å². The van der Waals surface area contributed by atoms with E-state index in [-0.39, 0.29) is 6.42 Å². The van der Waals surface area contributed by atoms with Gasteiger partial charge in [0.25, 0.3) is 0 Å². The van der Waals surface area contributed by atoms with Gasteiger partial charge in [-0.15, -0.1) is 0 Å². The summed E-state index contributed by atoms with van der Waals surface area (Å²) in [6, 6.07) is 8.62. The number of carboxylic acids is 1. The Morgan fingerprint density at radius 3 is 2.29 bits per heavy atom. The summed E-state index contributed by atoms with van der Waals surface area (Å²) in [5.74, 6) is -2.00. The minimum absolute atomic E-state index is 0.140. The van der Waals surface area contributed by atoms with Crippen LogP contribution in [0.2, 0.25) is 0 Å². The molecule has 0 atom stereocenters. The zero-order valence-corrected chi connectivity index (χ0v) is 12.4. The fourth-order valence-electron chi connectivity index (χ4n) is 2.75. The average Bonchev–Trinajstić information content (AvgIpc) is 2.52. The van der Waals surface area contributed by atoms with Crippen LogP contribution in [0, 0.1) is 0 Å². The van der Waals surface area contributed by atoms with E-state index in [0.29, 0.717) is 6.42 Å². The second kappa shape index (κ2) is 7.81. The fourth-order valence-corrected chi connectivity index (χ4v) is 2.75. The van der Waals surface area contributed by atoms with E-state index in [1.165, 1.54) is 30.5 Å². The minimum atomic E-state index is -1.32. The number of carbonyl (C=O) groups excluding carboxylic acids is 1. The molecule has 1 aliphatic rings. The normalized spacial score (nSPS) is 15.0. The van der Waals surface area contributed by atoms with Crippen molar-refractivity contribution in [1.82, 2.24) is 0 Å². The maximum absolute atomic E-state index is 11.0. The van der Waals surface area contributed by atoms with E-state index >= 15 is 0 Å². The van der Waals surface area contributed by atoms with Crippen molar-refractivity contribution in [1.29, 1.82) is 0 Å². The second-order valence-corrected chi connectivity index (χ2v) is 5.65. The number of ketones is 1. The first-order valence-corrected chi connectivity index (χ1v) is 7.77. The Morgan fingerprint density at radius 2 is 1.67 bits per heavy atom. The summed E-state index contributed by atoms with van der Waals surface area (Å²) < 4.78 is 0. The van der Waals surface area contributed by atoms with Gasteiger partial charge in [0.1, 0.15) is 0 Å². The van der Waals surface area contributed by atoms with E-state index in [9.17, 15) is 9.59 Å². The number of nitrogens with zero attached hydrogens (tertiary/aromatic N) is 1. The van der Waals surface area contributed by atoms with E-state index < -0.39 is 11.8 Å². The Morgan fingerprint density at radius 1 is 1.00 bits per heavy atom. The van der Waals surface area contributed by atoms with Crippen molar-refractivity contribution in [2.75, 3.05) is 18.0 Å². The van der Waals surface area contributed by atoms with Crippen LogP contribution in [0.1, 0.15) is 44.1 Å². The van der Waals surface area contributed by atoms with Gasteiger partial charge in [0.05, 0.1) is 0 Å². The van der Waals surface area contributed by atoms with Crippen LogP contribution in [0.5, 0.6) is 0 Å². The lowest BCUT2D eigenvalue weighted by Crippen LogP contribution is -2.29. The Balaban J connectivity index is 1.74. The van der Waals surface area contributed by atoms with Gasteiger partial charge in [0.15, 0.2) is 0 Å². The first kappa shape index (κ1) is 15.5. The predicted molar refractivity (Wildman–Crippen MR) is 82.7 cm³/mol. The van der Waals surface area contributed by atoms with Crippen LogP contribution >= 0.6 is 0 Å². The molecule has 4 heteroatoms. The quantitative estimate of drug-likeness (QED) is 0.619. The molecule has 0 aromatic heterocycles. The number of rotatable bonds is 7. The van der Waals surface area contributed by atoms with Gasteiger partial charge in [-0.2, -0.15) is 0 Å². The maximum Gasteiger partial charge on any atom is 0.372 e. The molecule has 0 amide bonds. The number of aliphatic carboxylic acids is 1. The van der Waals surface area contributed by atoms with Gasteiger partial charge in [-0.25, -0.2) is 4.79 Å². The average molecular weight is 289 g/mol. The Kier molecular flexibility index (Phi) is 5.78. The molecular formula is C17H23NO3. The molecule has 21 heavy (non-hydrogen) atoms. The molecule has 114 valence electrons. The van der Waals surface area contributed by atoms with Crippen molar-refractivity contribution in [2.45, 2.75) is 44.9 Å². The van der Waals surface area contributed by atoms with Gasteiger partial charge in [0, 0.05) is 25.2 Å². The number of benzene rings is 1. The topological polar surface area (TPSA) is 57.6 Å². The van der Waals surface area contributed by atoms with Gasteiger partial charge >= 0.3 is 5.97 Å². The smallest absolute Gasteiger partial charge is 0.372 e. The van der Waals surface area contributed by atoms with Crippen molar-refractivity contribution in [3.63, 3.8) is 0 Å². The van der Waals surface area contributed by atoms with E-state index in [2.05, 4.69) is 29.2 Å². The van der Waals surface area contributed by atoms with Crippen molar-refractivity contribution in [3.8, 4) is 0 Å². The number of hydrogen-bond acceptors (Lipinski definition) is 3. The lowest BCUT2D eigenvalue weighted by molar-refractivity contribution is -0.149. The predicted octanol–water partition coefficient (Wildman–Crippen LogP) is 3.04. The highest BCUT2D eigenvalue weighted by molar-refractivity contribution is 6.32. The van der Waals surface area contributed by atoms with Crippen LogP contribution in [0.25, 0.3) is 0 Å². The second-order valence-electron chi connectivity index (χ2n) is 5.65. The number of carbonyl (C=O) groups is 2. The standard InChI is InChI=1S/C17H23NO3/c19-16(17(20)21)7-3-2-6-14-8-10-15(11-9-14)18-12-4-1-5-13-18/h8-11H,1-7,12-13H2,(H,20,21). The monoisotopic (exact) mass is 289 g/mol. The molecule has 0 bridgehead atoms. The number of hydrogen-bond donors (Lipinski definition) is 1. The fraction of sp³-hybridized carbons (Fsp3) is 0.529. The van der Waals surface area contributed by atoms with Gasteiger partial charge in [0.2, 0.25) is 5.78 Å². The molecule has 0 saturated carbocycles. The molecule has 0 spiro atoms. The zero-order chi connectivity index (χ0) is 15.1. The summed E-state index contributed by atoms with van der Waals surface area (Å²) >= 11 is 0. The third-order valence-electron chi connectivity index (χ3n) is 4.02. The van der Waals surface area contributed by atoms with Crippen LogP contribution < -0.4 is 4.90 Å². The number of aryl methyl sites for hydroxylation is 1. The zero-order valence-electron chi connectivity index (χ0n) is 12.4. The van der Waals surface area contributed by atoms with Gasteiger partial charge < -0.3 is 10.0 Å².